The van der Waals surface area contributed by atoms with E-state index >= 15 is 0 Å². The number of carbonyl (C=O) groups is 1. The molecule has 0 aromatic carbocycles. The van der Waals surface area contributed by atoms with Gasteiger partial charge < -0.3 is 15.3 Å². The van der Waals surface area contributed by atoms with Crippen LogP contribution in [-0.2, 0) is 4.79 Å². The van der Waals surface area contributed by atoms with Gasteiger partial charge in [-0.05, 0) is 43.4 Å². The number of carboxylic acids is 1. The third kappa shape index (κ3) is 8.02. The molecule has 0 saturated heterocycles. The van der Waals surface area contributed by atoms with Crippen LogP contribution in [0.5, 0.6) is 0 Å². The lowest BCUT2D eigenvalue weighted by molar-refractivity contribution is -0.137. The van der Waals surface area contributed by atoms with Gasteiger partial charge in [-0.15, -0.1) is 0 Å². The number of aliphatic hydroxyl groups is 2. The Morgan fingerprint density at radius 3 is 2.67 bits per heavy atom. The van der Waals surface area contributed by atoms with Crippen LogP contribution in [0, 0.1) is 17.3 Å². The van der Waals surface area contributed by atoms with Gasteiger partial charge in [-0.3, -0.25) is 4.79 Å². The molecule has 4 heteroatoms. The average molecular weight is 379 g/mol. The predicted molar refractivity (Wildman–Crippen MR) is 110 cm³/mol. The first-order valence-corrected chi connectivity index (χ1v) is 10.3. The first kappa shape index (κ1) is 23.6. The van der Waals surface area contributed by atoms with Gasteiger partial charge >= 0.3 is 5.97 Å². The van der Waals surface area contributed by atoms with Crippen molar-refractivity contribution in [3.05, 3.63) is 36.5 Å². The van der Waals surface area contributed by atoms with E-state index in [1.807, 2.05) is 18.2 Å². The first-order valence-electron chi connectivity index (χ1n) is 10.3. The summed E-state index contributed by atoms with van der Waals surface area (Å²) in [4.78, 5) is 10.5. The van der Waals surface area contributed by atoms with E-state index in [9.17, 15) is 15.0 Å². The Kier molecular flexibility index (Phi) is 10.0. The first-order chi connectivity index (χ1) is 12.7. The molecular weight excluding hydrogens is 340 g/mol. The summed E-state index contributed by atoms with van der Waals surface area (Å²) < 4.78 is 0. The fraction of sp³-hybridized carbons (Fsp3) is 0.696. The molecule has 1 aliphatic carbocycles. The molecule has 0 radical (unpaired) electrons. The summed E-state index contributed by atoms with van der Waals surface area (Å²) in [7, 11) is 0. The number of unbranched alkanes of at least 4 members (excludes halogenated alkanes) is 2. The monoisotopic (exact) mass is 378 g/mol. The Bertz CT molecular complexity index is 532. The highest BCUT2D eigenvalue weighted by atomic mass is 16.4. The van der Waals surface area contributed by atoms with Crippen LogP contribution < -0.4 is 0 Å². The number of allylic oxidation sites excluding steroid dienone is 2. The number of aliphatic hydroxyl groups excluding tert-OH is 2. The molecule has 0 bridgehead atoms. The molecule has 154 valence electrons. The van der Waals surface area contributed by atoms with Crippen molar-refractivity contribution in [2.75, 3.05) is 0 Å². The minimum Gasteiger partial charge on any atom is -0.481 e. The molecule has 0 heterocycles. The third-order valence-electron chi connectivity index (χ3n) is 5.71. The number of rotatable bonds is 12. The van der Waals surface area contributed by atoms with Crippen molar-refractivity contribution in [1.29, 1.82) is 0 Å². The zero-order valence-corrected chi connectivity index (χ0v) is 17.2. The highest BCUT2D eigenvalue weighted by molar-refractivity contribution is 5.66. The van der Waals surface area contributed by atoms with Gasteiger partial charge in [0.25, 0.3) is 0 Å². The van der Waals surface area contributed by atoms with E-state index in [1.165, 1.54) is 0 Å². The van der Waals surface area contributed by atoms with Crippen molar-refractivity contribution in [2.24, 2.45) is 17.3 Å². The second-order valence-electron chi connectivity index (χ2n) is 8.53. The fourth-order valence-corrected chi connectivity index (χ4v) is 3.69. The molecule has 3 N–H and O–H groups in total. The summed E-state index contributed by atoms with van der Waals surface area (Å²) >= 11 is 0. The predicted octanol–water partition coefficient (Wildman–Crippen LogP) is 4.87. The summed E-state index contributed by atoms with van der Waals surface area (Å²) in [6, 6.07) is 0. The van der Waals surface area contributed by atoms with Gasteiger partial charge in [-0.25, -0.2) is 0 Å². The molecule has 1 rings (SSSR count). The van der Waals surface area contributed by atoms with Gasteiger partial charge in [0.15, 0.2) is 0 Å². The van der Waals surface area contributed by atoms with Gasteiger partial charge in [0.05, 0.1) is 12.2 Å². The minimum absolute atomic E-state index is 0.0298. The van der Waals surface area contributed by atoms with Crippen molar-refractivity contribution < 1.29 is 20.1 Å². The summed E-state index contributed by atoms with van der Waals surface area (Å²) in [6.07, 6.45) is 13.1. The Morgan fingerprint density at radius 2 is 2.04 bits per heavy atom. The number of aliphatic carboxylic acids is 1. The molecular formula is C23H38O4. The molecule has 0 amide bonds. The van der Waals surface area contributed by atoms with E-state index in [0.717, 1.165) is 37.7 Å². The lowest BCUT2D eigenvalue weighted by Crippen LogP contribution is -2.28. The normalized spacial score (nSPS) is 24.9. The van der Waals surface area contributed by atoms with Crippen LogP contribution in [0.25, 0.3) is 0 Å². The average Bonchev–Trinajstić information content (AvgIpc) is 2.86. The number of hydrogen-bond acceptors (Lipinski definition) is 3. The van der Waals surface area contributed by atoms with E-state index < -0.39 is 18.2 Å². The van der Waals surface area contributed by atoms with E-state index in [4.69, 9.17) is 5.11 Å². The maximum Gasteiger partial charge on any atom is 0.303 e. The zero-order chi connectivity index (χ0) is 20.4. The van der Waals surface area contributed by atoms with E-state index in [0.29, 0.717) is 12.8 Å². The maximum absolute atomic E-state index is 10.6. The van der Waals surface area contributed by atoms with E-state index in [2.05, 4.69) is 33.4 Å². The van der Waals surface area contributed by atoms with Crippen LogP contribution in [0.1, 0.15) is 72.1 Å². The molecule has 4 atom stereocenters. The zero-order valence-electron chi connectivity index (χ0n) is 17.2. The maximum atomic E-state index is 10.6. The third-order valence-corrected chi connectivity index (χ3v) is 5.71. The second-order valence-corrected chi connectivity index (χ2v) is 8.53. The minimum atomic E-state index is -0.763. The SMILES string of the molecule is C=C1C[C@@H](O)[C@H](C=C[C@@H](O)C(C)(C)CCCC)[C@H]1C/C=C/CCCC(=O)O. The molecule has 0 aromatic heterocycles. The quantitative estimate of drug-likeness (QED) is 0.334. The molecule has 4 nitrogen and oxygen atoms in total. The van der Waals surface area contributed by atoms with Crippen LogP contribution in [0.15, 0.2) is 36.5 Å². The van der Waals surface area contributed by atoms with Gasteiger partial charge in [-0.2, -0.15) is 0 Å². The van der Waals surface area contributed by atoms with Crippen LogP contribution >= 0.6 is 0 Å². The van der Waals surface area contributed by atoms with Gasteiger partial charge in [0, 0.05) is 12.3 Å². The van der Waals surface area contributed by atoms with Crippen molar-refractivity contribution in [3.63, 3.8) is 0 Å². The van der Waals surface area contributed by atoms with Crippen molar-refractivity contribution >= 4 is 5.97 Å². The Morgan fingerprint density at radius 1 is 1.33 bits per heavy atom. The van der Waals surface area contributed by atoms with Crippen LogP contribution in [-0.4, -0.2) is 33.5 Å². The molecule has 1 fully saturated rings. The second kappa shape index (κ2) is 11.5. The van der Waals surface area contributed by atoms with Crippen LogP contribution in [0.2, 0.25) is 0 Å². The van der Waals surface area contributed by atoms with Gasteiger partial charge in [0.1, 0.15) is 0 Å². The fourth-order valence-electron chi connectivity index (χ4n) is 3.69. The van der Waals surface area contributed by atoms with Crippen molar-refractivity contribution in [1.82, 2.24) is 0 Å². The van der Waals surface area contributed by atoms with E-state index in [1.54, 1.807) is 0 Å². The molecule has 0 aromatic rings. The molecule has 27 heavy (non-hydrogen) atoms. The summed E-state index contributed by atoms with van der Waals surface area (Å²) in [5, 5.41) is 29.6. The topological polar surface area (TPSA) is 77.8 Å². The smallest absolute Gasteiger partial charge is 0.303 e. The lowest BCUT2D eigenvalue weighted by Gasteiger charge is -2.29. The van der Waals surface area contributed by atoms with Gasteiger partial charge in [0.2, 0.25) is 0 Å². The van der Waals surface area contributed by atoms with E-state index in [-0.39, 0.29) is 23.7 Å². The molecule has 0 spiro atoms. The Hall–Kier alpha value is -1.39. The lowest BCUT2D eigenvalue weighted by atomic mass is 9.80. The summed E-state index contributed by atoms with van der Waals surface area (Å²) in [5.74, 6) is -0.628. The van der Waals surface area contributed by atoms with Crippen LogP contribution in [0.3, 0.4) is 0 Å². The molecule has 0 unspecified atom stereocenters. The highest BCUT2D eigenvalue weighted by Crippen LogP contribution is 2.40. The number of carboxylic acid groups (broad SMARTS) is 1. The highest BCUT2D eigenvalue weighted by Gasteiger charge is 2.35. The molecule has 1 aliphatic rings. The van der Waals surface area contributed by atoms with Crippen molar-refractivity contribution in [3.8, 4) is 0 Å². The van der Waals surface area contributed by atoms with Crippen LogP contribution in [0.4, 0.5) is 0 Å². The van der Waals surface area contributed by atoms with Gasteiger partial charge in [-0.1, -0.05) is 70.1 Å². The Labute approximate surface area is 164 Å². The summed E-state index contributed by atoms with van der Waals surface area (Å²) in [5.41, 5.74) is 0.874. The van der Waals surface area contributed by atoms with Crippen molar-refractivity contribution in [2.45, 2.75) is 84.3 Å². The summed E-state index contributed by atoms with van der Waals surface area (Å²) in [6.45, 7) is 10.4. The Balaban J connectivity index is 2.63. The standard InChI is InChI=1S/C23H38O4/c1-5-6-15-23(3,4)21(25)14-13-19-18(17(2)16-20(19)24)11-9-7-8-10-12-22(26)27/h7,9,13-14,18-21,24-25H,2,5-6,8,10-12,15-16H2,1,3-4H3,(H,26,27)/b9-7+,14-13?/t18-,19+,20+,21+/m0/s1. The molecule has 0 aliphatic heterocycles. The molecule has 1 saturated carbocycles. The largest absolute Gasteiger partial charge is 0.481 e. The number of hydrogen-bond donors (Lipinski definition) is 3.